The van der Waals surface area contributed by atoms with E-state index in [1.165, 1.54) is 17.7 Å². The van der Waals surface area contributed by atoms with Crippen LogP contribution in [0.4, 0.5) is 21.6 Å². The number of fused-ring (bicyclic) bond motifs is 1. The number of rotatable bonds is 9. The molecule has 1 spiro atoms. The molecule has 2 saturated heterocycles. The smallest absolute Gasteiger partial charge is 0.188 e. The maximum absolute atomic E-state index is 14.2. The summed E-state index contributed by atoms with van der Waals surface area (Å²) >= 11 is 0. The van der Waals surface area contributed by atoms with Crippen LogP contribution in [0, 0.1) is 16.1 Å². The summed E-state index contributed by atoms with van der Waals surface area (Å²) in [5.41, 5.74) is 7.72. The number of halogens is 1. The van der Waals surface area contributed by atoms with Gasteiger partial charge in [0.05, 0.1) is 22.9 Å². The first-order chi connectivity index (χ1) is 20.1. The zero-order chi connectivity index (χ0) is 27.8. The molecule has 4 heterocycles. The van der Waals surface area contributed by atoms with Crippen LogP contribution >= 0.6 is 0 Å². The van der Waals surface area contributed by atoms with E-state index in [9.17, 15) is 9.30 Å². The van der Waals surface area contributed by atoms with Crippen LogP contribution in [0.3, 0.4) is 0 Å². The number of hydrogen-bond acceptors (Lipinski definition) is 8. The molecule has 10 heteroatoms. The minimum Gasteiger partial charge on any atom is -0.452 e. The highest BCUT2D eigenvalue weighted by Crippen LogP contribution is 2.47. The topological polar surface area (TPSA) is 86.0 Å². The summed E-state index contributed by atoms with van der Waals surface area (Å²) in [4.78, 5) is 24.2. The minimum atomic E-state index is -0.291. The third kappa shape index (κ3) is 5.18. The zero-order valence-corrected chi connectivity index (χ0v) is 22.5. The van der Waals surface area contributed by atoms with E-state index >= 15 is 0 Å². The molecular formula is C31H30FN7O2. The number of aromatic nitrogens is 2. The summed E-state index contributed by atoms with van der Waals surface area (Å²) in [6.45, 7) is 4.70. The van der Waals surface area contributed by atoms with E-state index in [1.807, 2.05) is 36.4 Å². The second kappa shape index (κ2) is 10.4. The molecule has 0 aliphatic carbocycles. The molecule has 3 aromatic carbocycles. The van der Waals surface area contributed by atoms with Crippen molar-refractivity contribution in [3.05, 3.63) is 107 Å². The van der Waals surface area contributed by atoms with Gasteiger partial charge in [-0.3, -0.25) is 4.90 Å². The predicted octanol–water partition coefficient (Wildman–Crippen LogP) is 5.74. The summed E-state index contributed by atoms with van der Waals surface area (Å²) in [7, 11) is 0. The number of nitrogens with one attached hydrogen (secondary N) is 1. The van der Waals surface area contributed by atoms with E-state index in [0.717, 1.165) is 73.9 Å². The fraction of sp³-hybridized carbons (Fsp3) is 0.290. The number of likely N-dealkylation sites (tertiary alicyclic amines) is 1. The van der Waals surface area contributed by atoms with E-state index in [4.69, 9.17) is 4.74 Å². The van der Waals surface area contributed by atoms with Gasteiger partial charge in [0.2, 0.25) is 0 Å². The van der Waals surface area contributed by atoms with Gasteiger partial charge in [0.1, 0.15) is 17.9 Å². The summed E-state index contributed by atoms with van der Waals surface area (Å²) < 4.78 is 20.6. The number of ether oxygens (including phenoxy) is 1. The molecule has 1 aromatic heterocycles. The molecular weight excluding hydrogens is 521 g/mol. The molecule has 0 radical (unpaired) electrons. The molecule has 0 saturated carbocycles. The van der Waals surface area contributed by atoms with Gasteiger partial charge in [-0.05, 0) is 60.8 Å². The van der Waals surface area contributed by atoms with Crippen molar-refractivity contribution >= 4 is 17.2 Å². The van der Waals surface area contributed by atoms with Crippen molar-refractivity contribution < 1.29 is 9.13 Å². The van der Waals surface area contributed by atoms with Crippen LogP contribution in [0.5, 0.6) is 11.5 Å². The van der Waals surface area contributed by atoms with Crippen molar-refractivity contribution in [2.24, 2.45) is 10.7 Å². The van der Waals surface area contributed by atoms with Crippen molar-refractivity contribution in [2.75, 3.05) is 36.1 Å². The molecule has 0 amide bonds. The van der Waals surface area contributed by atoms with Crippen molar-refractivity contribution in [3.63, 3.8) is 0 Å². The summed E-state index contributed by atoms with van der Waals surface area (Å²) in [6, 6.07) is 20.9. The normalized spacial score (nSPS) is 19.4. The molecule has 41 heavy (non-hydrogen) atoms. The van der Waals surface area contributed by atoms with Gasteiger partial charge in [-0.15, -0.1) is 4.91 Å². The van der Waals surface area contributed by atoms with Gasteiger partial charge >= 0.3 is 0 Å². The van der Waals surface area contributed by atoms with Crippen LogP contribution in [0.25, 0.3) is 0 Å². The van der Waals surface area contributed by atoms with E-state index < -0.39 is 0 Å². The molecule has 3 aliphatic rings. The van der Waals surface area contributed by atoms with Gasteiger partial charge in [-0.1, -0.05) is 36.4 Å². The van der Waals surface area contributed by atoms with Gasteiger partial charge in [0, 0.05) is 43.6 Å². The Balaban J connectivity index is 1.04. The Hall–Kier alpha value is -4.57. The zero-order valence-electron chi connectivity index (χ0n) is 22.5. The van der Waals surface area contributed by atoms with Gasteiger partial charge in [-0.25, -0.2) is 19.4 Å². The largest absolute Gasteiger partial charge is 0.452 e. The SMILES string of the molecule is O=NNN1c2ccc(CN3CCC4(CCN(c5ncncc5Oc5ccc(F)cc5Cc5ccccc5)C4)C3)cc21. The van der Waals surface area contributed by atoms with Crippen LogP contribution in [0.15, 0.2) is 84.5 Å². The lowest BCUT2D eigenvalue weighted by atomic mass is 9.86. The Kier molecular flexibility index (Phi) is 6.47. The van der Waals surface area contributed by atoms with Crippen molar-refractivity contribution in [2.45, 2.75) is 25.8 Å². The van der Waals surface area contributed by atoms with E-state index in [1.54, 1.807) is 23.6 Å². The Morgan fingerprint density at radius 3 is 2.71 bits per heavy atom. The van der Waals surface area contributed by atoms with Crippen molar-refractivity contribution in [3.8, 4) is 11.5 Å². The van der Waals surface area contributed by atoms with Gasteiger partial charge < -0.3 is 9.64 Å². The average molecular weight is 552 g/mol. The molecule has 3 aliphatic heterocycles. The number of hydrazine groups is 1. The second-order valence-corrected chi connectivity index (χ2v) is 11.2. The average Bonchev–Trinajstić information content (AvgIpc) is 3.29. The maximum atomic E-state index is 14.2. The fourth-order valence-corrected chi connectivity index (χ4v) is 6.36. The van der Waals surface area contributed by atoms with Crippen LogP contribution in [0.1, 0.15) is 29.5 Å². The lowest BCUT2D eigenvalue weighted by Crippen LogP contribution is -2.31. The molecule has 1 N–H and O–H groups in total. The highest BCUT2D eigenvalue weighted by molar-refractivity contribution is 5.92. The number of nitrogens with zero attached hydrogens (tertiary/aromatic N) is 6. The molecule has 4 aromatic rings. The summed E-state index contributed by atoms with van der Waals surface area (Å²) in [5, 5.41) is 4.45. The standard InChI is InChI=1S/C31H30FN7O2/c32-25-7-9-28(24(16-25)14-22-4-2-1-3-5-22)41-29-17-33-21-34-30(29)38-13-11-31(20-38)10-12-37(19-31)18-23-6-8-26-27(15-23)39(26)35-36-40/h1-9,15-17,21H,10-14,18-20H2,(H,35,40). The number of anilines is 3. The number of nitroso groups, excluding NO2 is 1. The van der Waals surface area contributed by atoms with Crippen LogP contribution < -0.4 is 20.2 Å². The van der Waals surface area contributed by atoms with Gasteiger partial charge in [0.25, 0.3) is 0 Å². The highest BCUT2D eigenvalue weighted by Gasteiger charge is 2.44. The first-order valence-electron chi connectivity index (χ1n) is 13.9. The minimum absolute atomic E-state index is 0.189. The molecule has 2 fully saturated rings. The lowest BCUT2D eigenvalue weighted by Gasteiger charge is -2.26. The summed E-state index contributed by atoms with van der Waals surface area (Å²) in [5.74, 6) is 1.66. The van der Waals surface area contributed by atoms with Crippen LogP contribution in [-0.2, 0) is 13.0 Å². The molecule has 7 rings (SSSR count). The molecule has 0 bridgehead atoms. The van der Waals surface area contributed by atoms with Gasteiger partial charge in [0.15, 0.2) is 11.6 Å². The third-order valence-corrected chi connectivity index (χ3v) is 8.41. The van der Waals surface area contributed by atoms with Crippen molar-refractivity contribution in [1.82, 2.24) is 20.4 Å². The Morgan fingerprint density at radius 2 is 1.83 bits per heavy atom. The lowest BCUT2D eigenvalue weighted by molar-refractivity contribution is 0.270. The molecule has 1 atom stereocenters. The van der Waals surface area contributed by atoms with Crippen LogP contribution in [0.2, 0.25) is 0 Å². The predicted molar refractivity (Wildman–Crippen MR) is 154 cm³/mol. The van der Waals surface area contributed by atoms with Crippen molar-refractivity contribution in [1.29, 1.82) is 0 Å². The van der Waals surface area contributed by atoms with E-state index in [-0.39, 0.29) is 11.2 Å². The Morgan fingerprint density at radius 1 is 0.951 bits per heavy atom. The maximum Gasteiger partial charge on any atom is 0.188 e. The summed E-state index contributed by atoms with van der Waals surface area (Å²) in [6.07, 6.45) is 6.02. The highest BCUT2D eigenvalue weighted by atomic mass is 19.1. The molecule has 9 nitrogen and oxygen atoms in total. The number of hydrogen-bond donors (Lipinski definition) is 1. The third-order valence-electron chi connectivity index (χ3n) is 8.41. The molecule has 1 unspecified atom stereocenters. The quantitative estimate of drug-likeness (QED) is 0.160. The fourth-order valence-electron chi connectivity index (χ4n) is 6.36. The first kappa shape index (κ1) is 25.4. The van der Waals surface area contributed by atoms with E-state index in [0.29, 0.717) is 17.9 Å². The second-order valence-electron chi connectivity index (χ2n) is 11.2. The Bertz CT molecular complexity index is 1590. The number of benzene rings is 3. The first-order valence-corrected chi connectivity index (χ1v) is 13.9. The monoisotopic (exact) mass is 551 g/mol. The van der Waals surface area contributed by atoms with Crippen LogP contribution in [-0.4, -0.2) is 41.0 Å². The van der Waals surface area contributed by atoms with E-state index in [2.05, 4.69) is 42.7 Å². The molecule has 208 valence electrons. The Labute approximate surface area is 237 Å². The van der Waals surface area contributed by atoms with Gasteiger partial charge in [-0.2, -0.15) is 5.53 Å².